The normalized spacial score (nSPS) is 25.4. The van der Waals surface area contributed by atoms with E-state index in [0.717, 1.165) is 11.1 Å². The van der Waals surface area contributed by atoms with E-state index in [9.17, 15) is 4.79 Å². The third-order valence-electron chi connectivity index (χ3n) is 2.80. The van der Waals surface area contributed by atoms with Crippen molar-refractivity contribution in [3.8, 4) is 0 Å². The van der Waals surface area contributed by atoms with Gasteiger partial charge in [0.05, 0.1) is 0 Å². The zero-order valence-electron chi connectivity index (χ0n) is 8.99. The molecule has 3 nitrogen and oxygen atoms in total. The molecule has 0 aromatic heterocycles. The van der Waals surface area contributed by atoms with Gasteiger partial charge in [-0.15, -0.1) is 0 Å². The van der Waals surface area contributed by atoms with Crippen molar-refractivity contribution < 1.29 is 9.53 Å². The Hall–Kier alpha value is -1.35. The average Bonchev–Trinajstić information content (AvgIpc) is 2.46. The fraction of sp³-hybridized carbons (Fsp3) is 0.417. The van der Waals surface area contributed by atoms with Gasteiger partial charge >= 0.3 is 5.97 Å². The molecular formula is C12H15NO2. The first-order valence-corrected chi connectivity index (χ1v) is 5.11. The molecule has 1 aliphatic rings. The highest BCUT2D eigenvalue weighted by atomic mass is 16.6. The SMILES string of the molecule is Cc1ccc(C2CC(N)C(=O)O2)c(C)c1. The van der Waals surface area contributed by atoms with Crippen LogP contribution >= 0.6 is 0 Å². The summed E-state index contributed by atoms with van der Waals surface area (Å²) in [7, 11) is 0. The maximum absolute atomic E-state index is 11.2. The van der Waals surface area contributed by atoms with E-state index in [4.69, 9.17) is 10.5 Å². The van der Waals surface area contributed by atoms with Crippen molar-refractivity contribution in [1.29, 1.82) is 0 Å². The number of nitrogens with two attached hydrogens (primary N) is 1. The summed E-state index contributed by atoms with van der Waals surface area (Å²) in [6.07, 6.45) is 0.427. The lowest BCUT2D eigenvalue weighted by atomic mass is 9.98. The van der Waals surface area contributed by atoms with Crippen LogP contribution in [0, 0.1) is 13.8 Å². The molecule has 2 unspecified atom stereocenters. The molecule has 2 N–H and O–H groups in total. The number of carbonyl (C=O) groups is 1. The van der Waals surface area contributed by atoms with Crippen LogP contribution < -0.4 is 5.73 Å². The second kappa shape index (κ2) is 3.66. The molecule has 1 saturated heterocycles. The predicted molar refractivity (Wildman–Crippen MR) is 57.3 cm³/mol. The van der Waals surface area contributed by atoms with Gasteiger partial charge in [-0.1, -0.05) is 23.8 Å². The second-order valence-electron chi connectivity index (χ2n) is 4.13. The number of hydrogen-bond donors (Lipinski definition) is 1. The summed E-state index contributed by atoms with van der Waals surface area (Å²) < 4.78 is 5.22. The molecule has 1 aliphatic heterocycles. The number of ether oxygens (including phenoxy) is 1. The van der Waals surface area contributed by atoms with Gasteiger partial charge in [0.1, 0.15) is 12.1 Å². The smallest absolute Gasteiger partial charge is 0.323 e. The standard InChI is InChI=1S/C12H15NO2/c1-7-3-4-9(8(2)5-7)11-6-10(13)12(14)15-11/h3-5,10-11H,6,13H2,1-2H3. The molecule has 0 amide bonds. The summed E-state index contributed by atoms with van der Waals surface area (Å²) in [6, 6.07) is 5.67. The van der Waals surface area contributed by atoms with Crippen molar-refractivity contribution in [3.05, 3.63) is 34.9 Å². The zero-order valence-corrected chi connectivity index (χ0v) is 8.99. The van der Waals surface area contributed by atoms with Crippen molar-refractivity contribution in [3.63, 3.8) is 0 Å². The molecule has 0 bridgehead atoms. The molecule has 1 fully saturated rings. The van der Waals surface area contributed by atoms with Gasteiger partial charge in [0.25, 0.3) is 0 Å². The van der Waals surface area contributed by atoms with Crippen LogP contribution in [0.1, 0.15) is 29.2 Å². The molecule has 80 valence electrons. The van der Waals surface area contributed by atoms with Gasteiger partial charge in [0.2, 0.25) is 0 Å². The lowest BCUT2D eigenvalue weighted by Crippen LogP contribution is -2.24. The zero-order chi connectivity index (χ0) is 11.0. The van der Waals surface area contributed by atoms with E-state index in [0.29, 0.717) is 6.42 Å². The number of esters is 1. The number of cyclic esters (lactones) is 1. The molecule has 3 heteroatoms. The fourth-order valence-corrected chi connectivity index (χ4v) is 1.98. The van der Waals surface area contributed by atoms with Crippen LogP contribution in [0.5, 0.6) is 0 Å². The Morgan fingerprint density at radius 1 is 1.40 bits per heavy atom. The van der Waals surface area contributed by atoms with Crippen molar-refractivity contribution in [2.75, 3.05) is 0 Å². The Balaban J connectivity index is 2.27. The Bertz CT molecular complexity index is 401. The lowest BCUT2D eigenvalue weighted by Gasteiger charge is -2.12. The van der Waals surface area contributed by atoms with Crippen LogP contribution in [0.25, 0.3) is 0 Å². The molecule has 0 saturated carbocycles. The highest BCUT2D eigenvalue weighted by molar-refractivity contribution is 5.78. The third kappa shape index (κ3) is 1.88. The number of benzene rings is 1. The Labute approximate surface area is 89.2 Å². The Kier molecular flexibility index (Phi) is 2.49. The van der Waals surface area contributed by atoms with Crippen LogP contribution in [-0.2, 0) is 9.53 Å². The van der Waals surface area contributed by atoms with E-state index in [-0.39, 0.29) is 12.1 Å². The molecule has 15 heavy (non-hydrogen) atoms. The minimum Gasteiger partial charge on any atom is -0.456 e. The molecule has 1 aromatic carbocycles. The molecule has 0 spiro atoms. The summed E-state index contributed by atoms with van der Waals surface area (Å²) >= 11 is 0. The van der Waals surface area contributed by atoms with Gasteiger partial charge in [0.15, 0.2) is 0 Å². The second-order valence-corrected chi connectivity index (χ2v) is 4.13. The topological polar surface area (TPSA) is 52.3 Å². The van der Waals surface area contributed by atoms with Gasteiger partial charge < -0.3 is 10.5 Å². The maximum atomic E-state index is 11.2. The quantitative estimate of drug-likeness (QED) is 0.709. The predicted octanol–water partition coefficient (Wildman–Crippen LogP) is 1.62. The van der Waals surface area contributed by atoms with E-state index in [1.54, 1.807) is 0 Å². The van der Waals surface area contributed by atoms with Gasteiger partial charge in [-0.3, -0.25) is 4.79 Å². The van der Waals surface area contributed by atoms with Crippen molar-refractivity contribution >= 4 is 5.97 Å². The van der Waals surface area contributed by atoms with Crippen LogP contribution in [0.2, 0.25) is 0 Å². The first-order chi connectivity index (χ1) is 7.08. The molecule has 2 atom stereocenters. The van der Waals surface area contributed by atoms with Gasteiger partial charge in [0, 0.05) is 6.42 Å². The van der Waals surface area contributed by atoms with Gasteiger partial charge in [-0.2, -0.15) is 0 Å². The number of hydrogen-bond acceptors (Lipinski definition) is 3. The van der Waals surface area contributed by atoms with Gasteiger partial charge in [-0.05, 0) is 25.0 Å². The molecule has 0 aliphatic carbocycles. The minimum absolute atomic E-state index is 0.159. The first kappa shape index (κ1) is 10.2. The van der Waals surface area contributed by atoms with Crippen LogP contribution in [0.15, 0.2) is 18.2 Å². The number of rotatable bonds is 1. The number of aryl methyl sites for hydroxylation is 2. The first-order valence-electron chi connectivity index (χ1n) is 5.11. The third-order valence-corrected chi connectivity index (χ3v) is 2.80. The molecule has 2 rings (SSSR count). The van der Waals surface area contributed by atoms with Crippen LogP contribution in [0.4, 0.5) is 0 Å². The van der Waals surface area contributed by atoms with E-state index < -0.39 is 6.04 Å². The lowest BCUT2D eigenvalue weighted by molar-refractivity contribution is -0.142. The Morgan fingerprint density at radius 2 is 2.13 bits per heavy atom. The average molecular weight is 205 g/mol. The molecular weight excluding hydrogens is 190 g/mol. The van der Waals surface area contributed by atoms with Gasteiger partial charge in [-0.25, -0.2) is 0 Å². The van der Waals surface area contributed by atoms with Crippen molar-refractivity contribution in [2.24, 2.45) is 5.73 Å². The Morgan fingerprint density at radius 3 is 2.67 bits per heavy atom. The van der Waals surface area contributed by atoms with E-state index in [1.807, 2.05) is 26.0 Å². The fourth-order valence-electron chi connectivity index (χ4n) is 1.98. The monoisotopic (exact) mass is 205 g/mol. The summed E-state index contributed by atoms with van der Waals surface area (Å²) in [5.74, 6) is -0.292. The van der Waals surface area contributed by atoms with Crippen LogP contribution in [0.3, 0.4) is 0 Å². The van der Waals surface area contributed by atoms with Crippen molar-refractivity contribution in [2.45, 2.75) is 32.4 Å². The maximum Gasteiger partial charge on any atom is 0.323 e. The summed E-state index contributed by atoms with van der Waals surface area (Å²) in [5, 5.41) is 0. The number of carbonyl (C=O) groups excluding carboxylic acids is 1. The highest BCUT2D eigenvalue weighted by Gasteiger charge is 2.33. The van der Waals surface area contributed by atoms with Crippen molar-refractivity contribution in [1.82, 2.24) is 0 Å². The van der Waals surface area contributed by atoms with E-state index >= 15 is 0 Å². The summed E-state index contributed by atoms with van der Waals surface area (Å²) in [6.45, 7) is 4.07. The van der Waals surface area contributed by atoms with Crippen LogP contribution in [-0.4, -0.2) is 12.0 Å². The highest BCUT2D eigenvalue weighted by Crippen LogP contribution is 2.31. The largest absolute Gasteiger partial charge is 0.456 e. The summed E-state index contributed by atoms with van der Waals surface area (Å²) in [5.41, 5.74) is 9.05. The molecule has 0 radical (unpaired) electrons. The van der Waals surface area contributed by atoms with E-state index in [1.165, 1.54) is 5.56 Å². The minimum atomic E-state index is -0.462. The van der Waals surface area contributed by atoms with E-state index in [2.05, 4.69) is 6.07 Å². The molecule has 1 aromatic rings. The molecule has 1 heterocycles. The summed E-state index contributed by atoms with van der Waals surface area (Å²) in [4.78, 5) is 11.2.